The molecule has 2 aromatic rings. The molecule has 8 heteroatoms. The lowest BCUT2D eigenvalue weighted by Gasteiger charge is -2.09. The lowest BCUT2D eigenvalue weighted by molar-refractivity contribution is 0.600. The first-order chi connectivity index (χ1) is 8.88. The van der Waals surface area contributed by atoms with Crippen molar-refractivity contribution in [2.24, 2.45) is 0 Å². The monoisotopic (exact) mass is 345 g/mol. The highest BCUT2D eigenvalue weighted by Crippen LogP contribution is 2.25. The van der Waals surface area contributed by atoms with Crippen LogP contribution in [-0.4, -0.2) is 13.4 Å². The minimum atomic E-state index is -3.83. The average Bonchev–Trinajstić information content (AvgIpc) is 2.34. The van der Waals surface area contributed by atoms with Crippen molar-refractivity contribution in [2.45, 2.75) is 4.90 Å². The van der Waals surface area contributed by atoms with Gasteiger partial charge in [-0.1, -0.05) is 0 Å². The Morgan fingerprint density at radius 2 is 2.00 bits per heavy atom. The van der Waals surface area contributed by atoms with Gasteiger partial charge in [-0.05, 0) is 46.3 Å². The van der Waals surface area contributed by atoms with Gasteiger partial charge in [0.25, 0.3) is 10.0 Å². The Hall–Kier alpha value is -1.67. The first kappa shape index (κ1) is 13.8. The molecule has 1 heterocycles. The van der Waals surface area contributed by atoms with E-state index in [9.17, 15) is 12.8 Å². The third kappa shape index (κ3) is 3.21. The van der Waals surface area contributed by atoms with Gasteiger partial charge < -0.3 is 5.73 Å². The predicted octanol–water partition coefficient (Wildman–Crippen LogP) is 2.37. The number of hydrogen-bond acceptors (Lipinski definition) is 4. The number of benzene rings is 1. The van der Waals surface area contributed by atoms with Crippen molar-refractivity contribution in [1.82, 2.24) is 4.98 Å². The zero-order valence-electron chi connectivity index (χ0n) is 9.47. The molecule has 0 radical (unpaired) electrons. The van der Waals surface area contributed by atoms with Gasteiger partial charge in [-0.2, -0.15) is 0 Å². The Kier molecular flexibility index (Phi) is 3.72. The van der Waals surface area contributed by atoms with Crippen LogP contribution in [0, 0.1) is 5.82 Å². The van der Waals surface area contributed by atoms with E-state index in [4.69, 9.17) is 5.73 Å². The van der Waals surface area contributed by atoms with E-state index >= 15 is 0 Å². The molecule has 0 unspecified atom stereocenters. The molecule has 0 aliphatic carbocycles. The van der Waals surface area contributed by atoms with E-state index in [1.807, 2.05) is 0 Å². The van der Waals surface area contributed by atoms with Gasteiger partial charge in [-0.25, -0.2) is 17.8 Å². The fourth-order valence-corrected chi connectivity index (χ4v) is 2.82. The summed E-state index contributed by atoms with van der Waals surface area (Å²) < 4.78 is 39.9. The number of aromatic nitrogens is 1. The topological polar surface area (TPSA) is 85.1 Å². The van der Waals surface area contributed by atoms with Gasteiger partial charge in [-0.3, -0.25) is 4.72 Å². The second-order valence-corrected chi connectivity index (χ2v) is 6.19. The first-order valence-corrected chi connectivity index (χ1v) is 7.35. The number of nitrogens with two attached hydrogens (primary N) is 1. The van der Waals surface area contributed by atoms with Crippen molar-refractivity contribution in [3.63, 3.8) is 0 Å². The van der Waals surface area contributed by atoms with E-state index in [-0.39, 0.29) is 16.4 Å². The lowest BCUT2D eigenvalue weighted by atomic mass is 10.3. The largest absolute Gasteiger partial charge is 0.384 e. The lowest BCUT2D eigenvalue weighted by Crippen LogP contribution is -2.14. The van der Waals surface area contributed by atoms with Crippen LogP contribution in [0.1, 0.15) is 0 Å². The van der Waals surface area contributed by atoms with E-state index < -0.39 is 15.8 Å². The van der Waals surface area contributed by atoms with Gasteiger partial charge in [0.2, 0.25) is 0 Å². The minimum absolute atomic E-state index is 0.0575. The van der Waals surface area contributed by atoms with Crippen LogP contribution in [0.2, 0.25) is 0 Å². The Morgan fingerprint density at radius 3 is 2.63 bits per heavy atom. The molecule has 1 aromatic carbocycles. The highest BCUT2D eigenvalue weighted by molar-refractivity contribution is 9.10. The Labute approximate surface area is 117 Å². The summed E-state index contributed by atoms with van der Waals surface area (Å²) in [6.45, 7) is 0. The molecule has 3 N–H and O–H groups in total. The molecular weight excluding hydrogens is 337 g/mol. The quantitative estimate of drug-likeness (QED) is 0.894. The molecule has 5 nitrogen and oxygen atoms in total. The molecule has 0 bridgehead atoms. The molecule has 0 aliphatic rings. The molecule has 0 amide bonds. The van der Waals surface area contributed by atoms with E-state index in [1.165, 1.54) is 24.3 Å². The Balaban J connectivity index is 2.36. The molecule has 2 rings (SSSR count). The molecule has 0 saturated carbocycles. The van der Waals surface area contributed by atoms with Crippen molar-refractivity contribution in [1.29, 1.82) is 0 Å². The first-order valence-electron chi connectivity index (χ1n) is 5.08. The standard InChI is InChI=1S/C11H9BrFN3O2S/c12-9-3-1-7(13)5-10(9)16-19(17,18)8-2-4-11(14)15-6-8/h1-6,16H,(H2,14,15). The van der Waals surface area contributed by atoms with Gasteiger partial charge in [0, 0.05) is 10.7 Å². The van der Waals surface area contributed by atoms with Crippen LogP contribution >= 0.6 is 15.9 Å². The molecule has 0 atom stereocenters. The van der Waals surface area contributed by atoms with Crippen LogP contribution in [0.3, 0.4) is 0 Å². The summed E-state index contributed by atoms with van der Waals surface area (Å²) >= 11 is 3.14. The molecule has 1 aromatic heterocycles. The minimum Gasteiger partial charge on any atom is -0.384 e. The summed E-state index contributed by atoms with van der Waals surface area (Å²) in [6, 6.07) is 6.39. The maximum Gasteiger partial charge on any atom is 0.263 e. The average molecular weight is 346 g/mol. The molecule has 19 heavy (non-hydrogen) atoms. The summed E-state index contributed by atoms with van der Waals surface area (Å²) in [7, 11) is -3.83. The normalized spacial score (nSPS) is 11.3. The van der Waals surface area contributed by atoms with Gasteiger partial charge in [0.15, 0.2) is 0 Å². The van der Waals surface area contributed by atoms with Crippen molar-refractivity contribution < 1.29 is 12.8 Å². The number of nitrogens with one attached hydrogen (secondary N) is 1. The number of nitrogen functional groups attached to an aromatic ring is 1. The van der Waals surface area contributed by atoms with Crippen LogP contribution < -0.4 is 10.5 Å². The van der Waals surface area contributed by atoms with Crippen molar-refractivity contribution in [3.05, 3.63) is 46.8 Å². The van der Waals surface area contributed by atoms with Gasteiger partial charge in [0.05, 0.1) is 5.69 Å². The molecule has 0 aliphatic heterocycles. The smallest absolute Gasteiger partial charge is 0.263 e. The summed E-state index contributed by atoms with van der Waals surface area (Å²) in [5.41, 5.74) is 5.49. The fourth-order valence-electron chi connectivity index (χ4n) is 1.33. The molecule has 100 valence electrons. The third-order valence-corrected chi connectivity index (χ3v) is 4.28. The fraction of sp³-hybridized carbons (Fsp3) is 0. The predicted molar refractivity (Wildman–Crippen MR) is 73.6 cm³/mol. The summed E-state index contributed by atoms with van der Waals surface area (Å²) in [5.74, 6) is -0.331. The van der Waals surface area contributed by atoms with Crippen LogP contribution in [0.4, 0.5) is 15.9 Å². The number of hydrogen-bond donors (Lipinski definition) is 2. The highest BCUT2D eigenvalue weighted by Gasteiger charge is 2.16. The number of anilines is 2. The Bertz CT molecular complexity index is 704. The van der Waals surface area contributed by atoms with Crippen molar-refractivity contribution >= 4 is 37.5 Å². The molecule has 0 fully saturated rings. The van der Waals surface area contributed by atoms with E-state index in [2.05, 4.69) is 25.6 Å². The maximum atomic E-state index is 13.1. The zero-order chi connectivity index (χ0) is 14.0. The van der Waals surface area contributed by atoms with Gasteiger partial charge >= 0.3 is 0 Å². The SMILES string of the molecule is Nc1ccc(S(=O)(=O)Nc2cc(F)ccc2Br)cn1. The highest BCUT2D eigenvalue weighted by atomic mass is 79.9. The van der Waals surface area contributed by atoms with Gasteiger partial charge in [-0.15, -0.1) is 0 Å². The van der Waals surface area contributed by atoms with Crippen molar-refractivity contribution in [2.75, 3.05) is 10.5 Å². The molecular formula is C11H9BrFN3O2S. The molecule has 0 saturated heterocycles. The van der Waals surface area contributed by atoms with Crippen LogP contribution in [0.5, 0.6) is 0 Å². The van der Waals surface area contributed by atoms with E-state index in [0.29, 0.717) is 4.47 Å². The van der Waals surface area contributed by atoms with Crippen LogP contribution in [0.15, 0.2) is 45.9 Å². The number of rotatable bonds is 3. The van der Waals surface area contributed by atoms with Gasteiger partial charge in [0.1, 0.15) is 16.5 Å². The number of nitrogens with zero attached hydrogens (tertiary/aromatic N) is 1. The summed E-state index contributed by atoms with van der Waals surface area (Å²) in [4.78, 5) is 3.64. The van der Waals surface area contributed by atoms with Crippen LogP contribution in [-0.2, 0) is 10.0 Å². The second-order valence-electron chi connectivity index (χ2n) is 3.65. The third-order valence-electron chi connectivity index (χ3n) is 2.24. The van der Waals surface area contributed by atoms with E-state index in [1.54, 1.807) is 0 Å². The Morgan fingerprint density at radius 1 is 1.26 bits per heavy atom. The zero-order valence-corrected chi connectivity index (χ0v) is 11.9. The maximum absolute atomic E-state index is 13.1. The van der Waals surface area contributed by atoms with Crippen molar-refractivity contribution in [3.8, 4) is 0 Å². The second kappa shape index (κ2) is 5.14. The number of sulfonamides is 1. The van der Waals surface area contributed by atoms with E-state index in [0.717, 1.165) is 12.3 Å². The number of halogens is 2. The van der Waals surface area contributed by atoms with Crippen LogP contribution in [0.25, 0.3) is 0 Å². The number of pyridine rings is 1. The summed E-state index contributed by atoms with van der Waals surface area (Å²) in [6.07, 6.45) is 1.13. The molecule has 0 spiro atoms. The summed E-state index contributed by atoms with van der Waals surface area (Å²) in [5, 5.41) is 0.